The highest BCUT2D eigenvalue weighted by atomic mass is 19.4. The molecule has 41 heavy (non-hydrogen) atoms. The van der Waals surface area contributed by atoms with Crippen LogP contribution in [0.5, 0.6) is 11.5 Å². The number of hydrogen-bond donors (Lipinski definition) is 2. The number of amides is 1. The van der Waals surface area contributed by atoms with Crippen molar-refractivity contribution in [3.05, 3.63) is 95.6 Å². The first-order valence-electron chi connectivity index (χ1n) is 11.7. The van der Waals surface area contributed by atoms with Gasteiger partial charge in [0.05, 0.1) is 6.61 Å². The van der Waals surface area contributed by atoms with Gasteiger partial charge in [0.25, 0.3) is 0 Å². The molecule has 5 nitrogen and oxygen atoms in total. The molecule has 3 aromatic rings. The van der Waals surface area contributed by atoms with Gasteiger partial charge in [-0.3, -0.25) is 4.79 Å². The van der Waals surface area contributed by atoms with Crippen LogP contribution in [0.3, 0.4) is 0 Å². The highest BCUT2D eigenvalue weighted by molar-refractivity contribution is 5.79. The maximum absolute atomic E-state index is 13.3. The normalized spacial score (nSPS) is 13.4. The highest BCUT2D eigenvalue weighted by Gasteiger charge is 2.46. The van der Waals surface area contributed by atoms with E-state index in [1.165, 1.54) is 12.1 Å². The fraction of sp³-hybridized carbons (Fsp3) is 0.296. The minimum absolute atomic E-state index is 0.0416. The lowest BCUT2D eigenvalue weighted by Gasteiger charge is -2.37. The summed E-state index contributed by atoms with van der Waals surface area (Å²) in [6, 6.07) is 16.6. The van der Waals surface area contributed by atoms with Crippen molar-refractivity contribution in [3.63, 3.8) is 0 Å². The van der Waals surface area contributed by atoms with E-state index in [1.54, 1.807) is 30.3 Å². The van der Waals surface area contributed by atoms with Gasteiger partial charge in [0, 0.05) is 12.0 Å². The molecule has 0 saturated heterocycles. The van der Waals surface area contributed by atoms with Crippen LogP contribution >= 0.6 is 0 Å². The molecule has 0 aliphatic heterocycles. The third kappa shape index (κ3) is 8.77. The maximum atomic E-state index is 13.3. The Morgan fingerprint density at radius 3 is 1.63 bits per heavy atom. The molecule has 0 aromatic heterocycles. The number of alkyl halides is 9. The summed E-state index contributed by atoms with van der Waals surface area (Å²) in [5, 5.41) is 11.3. The monoisotopic (exact) mass is 595 g/mol. The van der Waals surface area contributed by atoms with E-state index in [1.807, 2.05) is 0 Å². The first-order chi connectivity index (χ1) is 19.0. The predicted molar refractivity (Wildman–Crippen MR) is 127 cm³/mol. The van der Waals surface area contributed by atoms with E-state index in [0.717, 1.165) is 36.4 Å². The van der Waals surface area contributed by atoms with Crippen LogP contribution in [0, 0.1) is 5.92 Å². The van der Waals surface area contributed by atoms with E-state index in [4.69, 9.17) is 0 Å². The average Bonchev–Trinajstić information content (AvgIpc) is 2.85. The Kier molecular flexibility index (Phi) is 9.47. The quantitative estimate of drug-likeness (QED) is 0.270. The van der Waals surface area contributed by atoms with Crippen molar-refractivity contribution in [2.24, 2.45) is 5.92 Å². The summed E-state index contributed by atoms with van der Waals surface area (Å²) in [6.45, 7) is -2.33. The largest absolute Gasteiger partial charge is 0.573 e. The summed E-state index contributed by atoms with van der Waals surface area (Å²) < 4.78 is 126. The second-order valence-corrected chi connectivity index (χ2v) is 8.89. The zero-order chi connectivity index (χ0) is 30.5. The van der Waals surface area contributed by atoms with Gasteiger partial charge in [0.15, 0.2) is 5.92 Å². The third-order valence-corrected chi connectivity index (χ3v) is 6.05. The molecule has 3 rings (SSSR count). The molecule has 1 atom stereocenters. The number of hydrogen-bond acceptors (Lipinski definition) is 4. The Labute approximate surface area is 227 Å². The number of carbonyl (C=O) groups is 1. The molecule has 0 aliphatic rings. The van der Waals surface area contributed by atoms with Gasteiger partial charge in [-0.1, -0.05) is 54.6 Å². The number of benzene rings is 3. The van der Waals surface area contributed by atoms with Crippen molar-refractivity contribution in [3.8, 4) is 11.5 Å². The van der Waals surface area contributed by atoms with E-state index < -0.39 is 60.8 Å². The highest BCUT2D eigenvalue weighted by Crippen LogP contribution is 2.40. The number of nitrogens with one attached hydrogen (secondary N) is 1. The van der Waals surface area contributed by atoms with E-state index >= 15 is 0 Å². The van der Waals surface area contributed by atoms with Gasteiger partial charge < -0.3 is 19.9 Å². The maximum Gasteiger partial charge on any atom is 0.573 e. The van der Waals surface area contributed by atoms with E-state index in [9.17, 15) is 49.4 Å². The van der Waals surface area contributed by atoms with Gasteiger partial charge in [0.1, 0.15) is 11.5 Å². The molecule has 3 aromatic carbocycles. The minimum Gasteiger partial charge on any atom is -0.406 e. The smallest absolute Gasteiger partial charge is 0.406 e. The van der Waals surface area contributed by atoms with Crippen LogP contribution in [0.15, 0.2) is 78.9 Å². The third-order valence-electron chi connectivity index (χ3n) is 6.05. The Hall–Kier alpha value is -3.94. The van der Waals surface area contributed by atoms with Crippen LogP contribution in [0.1, 0.15) is 16.7 Å². The van der Waals surface area contributed by atoms with Crippen molar-refractivity contribution >= 4 is 5.91 Å². The van der Waals surface area contributed by atoms with Crippen LogP contribution in [-0.4, -0.2) is 43.1 Å². The van der Waals surface area contributed by atoms with Crippen molar-refractivity contribution in [2.45, 2.75) is 30.7 Å². The van der Waals surface area contributed by atoms with Gasteiger partial charge >= 0.3 is 18.9 Å². The van der Waals surface area contributed by atoms with E-state index in [0.29, 0.717) is 5.56 Å². The molecule has 222 valence electrons. The van der Waals surface area contributed by atoms with Gasteiger partial charge in [0.2, 0.25) is 5.91 Å². The first-order valence-corrected chi connectivity index (χ1v) is 11.7. The zero-order valence-corrected chi connectivity index (χ0v) is 20.8. The van der Waals surface area contributed by atoms with Crippen molar-refractivity contribution in [1.29, 1.82) is 0 Å². The molecule has 0 fully saturated rings. The number of aliphatic hydroxyl groups excluding tert-OH is 1. The molecular formula is C27H22F9NO4. The van der Waals surface area contributed by atoms with Crippen LogP contribution < -0.4 is 14.8 Å². The minimum atomic E-state index is -5.14. The van der Waals surface area contributed by atoms with Gasteiger partial charge in [-0.25, -0.2) is 0 Å². The molecular weight excluding hydrogens is 573 g/mol. The van der Waals surface area contributed by atoms with Crippen molar-refractivity contribution in [2.75, 3.05) is 13.2 Å². The Bertz CT molecular complexity index is 1250. The van der Waals surface area contributed by atoms with Crippen LogP contribution in [0.25, 0.3) is 0 Å². The van der Waals surface area contributed by atoms with Crippen LogP contribution in [-0.2, 0) is 16.6 Å². The molecule has 14 heteroatoms. The standard InChI is InChI=1S/C27H22F9NO4/c28-25(29,30)22(15-38)23(39)37-16-24(14-17-6-2-1-3-7-17,18-8-4-10-20(12-18)40-26(31,32)33)19-9-5-11-21(13-19)41-27(34,35)36/h1-13,22,38H,14-16H2,(H,37,39). The summed E-state index contributed by atoms with van der Waals surface area (Å²) in [4.78, 5) is 12.6. The second-order valence-electron chi connectivity index (χ2n) is 8.89. The molecule has 0 saturated carbocycles. The summed E-state index contributed by atoms with van der Waals surface area (Å²) in [5.74, 6) is -5.92. The van der Waals surface area contributed by atoms with Gasteiger partial charge in [-0.05, 0) is 47.4 Å². The molecule has 0 bridgehead atoms. The number of rotatable bonds is 10. The zero-order valence-electron chi connectivity index (χ0n) is 20.8. The average molecular weight is 595 g/mol. The fourth-order valence-corrected chi connectivity index (χ4v) is 4.26. The molecule has 0 spiro atoms. The molecule has 0 heterocycles. The summed E-state index contributed by atoms with van der Waals surface area (Å²) >= 11 is 0. The van der Waals surface area contributed by atoms with Crippen molar-refractivity contribution in [1.82, 2.24) is 5.32 Å². The topological polar surface area (TPSA) is 67.8 Å². The van der Waals surface area contributed by atoms with Crippen LogP contribution in [0.2, 0.25) is 0 Å². The predicted octanol–water partition coefficient (Wildman–Crippen LogP) is 6.30. The number of aliphatic hydroxyl groups is 1. The molecule has 0 aliphatic carbocycles. The fourth-order valence-electron chi connectivity index (χ4n) is 4.26. The Balaban J connectivity index is 2.23. The lowest BCUT2D eigenvalue weighted by molar-refractivity contribution is -0.275. The molecule has 1 unspecified atom stereocenters. The lowest BCUT2D eigenvalue weighted by atomic mass is 9.70. The van der Waals surface area contributed by atoms with E-state index in [2.05, 4.69) is 14.8 Å². The Morgan fingerprint density at radius 1 is 0.732 bits per heavy atom. The first kappa shape index (κ1) is 31.6. The van der Waals surface area contributed by atoms with E-state index in [-0.39, 0.29) is 17.5 Å². The summed E-state index contributed by atoms with van der Waals surface area (Å²) in [5.41, 5.74) is -1.38. The second kappa shape index (κ2) is 12.3. The molecule has 1 amide bonds. The SMILES string of the molecule is O=C(NCC(Cc1ccccc1)(c1cccc(OC(F)(F)F)c1)c1cccc(OC(F)(F)F)c1)C(CO)C(F)(F)F. The lowest BCUT2D eigenvalue weighted by Crippen LogP contribution is -2.48. The van der Waals surface area contributed by atoms with Gasteiger partial charge in [-0.2, -0.15) is 13.2 Å². The molecule has 2 N–H and O–H groups in total. The van der Waals surface area contributed by atoms with Crippen LogP contribution in [0.4, 0.5) is 39.5 Å². The summed E-state index contributed by atoms with van der Waals surface area (Å²) in [6.07, 6.45) is -15.6. The number of carbonyl (C=O) groups excluding carboxylic acids is 1. The Morgan fingerprint density at radius 2 is 1.22 bits per heavy atom. The van der Waals surface area contributed by atoms with Gasteiger partial charge in [-0.15, -0.1) is 26.3 Å². The molecule has 0 radical (unpaired) electrons. The summed E-state index contributed by atoms with van der Waals surface area (Å²) in [7, 11) is 0. The number of ether oxygens (including phenoxy) is 2. The van der Waals surface area contributed by atoms with Crippen molar-refractivity contribution < 1.29 is 58.9 Å². The number of halogens is 9.